The zero-order valence-electron chi connectivity index (χ0n) is 8.75. The van der Waals surface area contributed by atoms with Crippen LogP contribution in [0.2, 0.25) is 0 Å². The quantitative estimate of drug-likeness (QED) is 0.718. The maximum atomic E-state index is 9.44. The largest absolute Gasteiger partial charge is 0.389 e. The Balaban J connectivity index is 2.41. The summed E-state index contributed by atoms with van der Waals surface area (Å²) >= 11 is 0. The van der Waals surface area contributed by atoms with Crippen LogP contribution < -0.4 is 0 Å². The van der Waals surface area contributed by atoms with E-state index in [-0.39, 0.29) is 6.10 Å². The van der Waals surface area contributed by atoms with Gasteiger partial charge in [-0.1, -0.05) is 29.8 Å². The van der Waals surface area contributed by atoms with Gasteiger partial charge in [0.1, 0.15) is 0 Å². The fraction of sp³-hybridized carbons (Fsp3) is 0.385. The molecule has 1 aliphatic rings. The molecule has 0 spiro atoms. The minimum atomic E-state index is -0.232. The van der Waals surface area contributed by atoms with Gasteiger partial charge >= 0.3 is 0 Å². The molecule has 1 aromatic rings. The van der Waals surface area contributed by atoms with Gasteiger partial charge in [-0.2, -0.15) is 0 Å². The summed E-state index contributed by atoms with van der Waals surface area (Å²) < 4.78 is 0. The van der Waals surface area contributed by atoms with E-state index >= 15 is 0 Å². The van der Waals surface area contributed by atoms with E-state index in [4.69, 9.17) is 0 Å². The third-order valence-electron chi connectivity index (χ3n) is 2.84. The van der Waals surface area contributed by atoms with Crippen molar-refractivity contribution in [1.29, 1.82) is 0 Å². The van der Waals surface area contributed by atoms with Gasteiger partial charge in [0.05, 0.1) is 6.10 Å². The second kappa shape index (κ2) is 3.58. The van der Waals surface area contributed by atoms with Gasteiger partial charge in [-0.15, -0.1) is 0 Å². The van der Waals surface area contributed by atoms with Crippen LogP contribution in [0.25, 0.3) is 5.57 Å². The minimum Gasteiger partial charge on any atom is -0.389 e. The van der Waals surface area contributed by atoms with Crippen molar-refractivity contribution in [2.24, 2.45) is 0 Å². The first kappa shape index (κ1) is 9.47. The molecule has 14 heavy (non-hydrogen) atoms. The molecule has 1 unspecified atom stereocenters. The molecular weight excluding hydrogens is 172 g/mol. The monoisotopic (exact) mass is 188 g/mol. The van der Waals surface area contributed by atoms with Gasteiger partial charge in [0.2, 0.25) is 0 Å². The summed E-state index contributed by atoms with van der Waals surface area (Å²) in [7, 11) is 0. The zero-order valence-corrected chi connectivity index (χ0v) is 8.75. The number of allylic oxidation sites excluding steroid dienone is 1. The van der Waals surface area contributed by atoms with E-state index in [9.17, 15) is 5.11 Å². The number of hydrogen-bond donors (Lipinski definition) is 1. The van der Waals surface area contributed by atoms with Crippen LogP contribution >= 0.6 is 0 Å². The van der Waals surface area contributed by atoms with Crippen LogP contribution in [0.15, 0.2) is 24.3 Å². The Bertz CT molecular complexity index is 377. The smallest absolute Gasteiger partial charge is 0.0730 e. The molecule has 0 aliphatic heterocycles. The van der Waals surface area contributed by atoms with Crippen molar-refractivity contribution in [2.75, 3.05) is 0 Å². The van der Waals surface area contributed by atoms with Crippen molar-refractivity contribution in [1.82, 2.24) is 0 Å². The van der Waals surface area contributed by atoms with Crippen LogP contribution in [0, 0.1) is 13.8 Å². The molecule has 0 radical (unpaired) electrons. The Morgan fingerprint density at radius 3 is 2.71 bits per heavy atom. The number of benzene rings is 1. The Morgan fingerprint density at radius 2 is 2.07 bits per heavy atom. The molecule has 2 rings (SSSR count). The van der Waals surface area contributed by atoms with Crippen molar-refractivity contribution in [3.8, 4) is 0 Å². The predicted octanol–water partition coefficient (Wildman–Crippen LogP) is 2.84. The van der Waals surface area contributed by atoms with Crippen molar-refractivity contribution >= 4 is 5.57 Å². The third kappa shape index (κ3) is 1.73. The lowest BCUT2D eigenvalue weighted by molar-refractivity contribution is 0.223. The van der Waals surface area contributed by atoms with Gasteiger partial charge < -0.3 is 5.11 Å². The Kier molecular flexibility index (Phi) is 2.42. The highest BCUT2D eigenvalue weighted by Crippen LogP contribution is 2.30. The normalized spacial score (nSPS) is 21.1. The second-order valence-corrected chi connectivity index (χ2v) is 4.12. The van der Waals surface area contributed by atoms with Gasteiger partial charge in [0.15, 0.2) is 0 Å². The summed E-state index contributed by atoms with van der Waals surface area (Å²) in [5.41, 5.74) is 5.20. The number of aryl methyl sites for hydroxylation is 2. The lowest BCUT2D eigenvalue weighted by atomic mass is 9.98. The summed E-state index contributed by atoms with van der Waals surface area (Å²) in [6.07, 6.45) is 3.64. The predicted molar refractivity (Wildman–Crippen MR) is 59.1 cm³/mol. The van der Waals surface area contributed by atoms with Crippen LogP contribution in [-0.2, 0) is 0 Å². The minimum absolute atomic E-state index is 0.232. The maximum Gasteiger partial charge on any atom is 0.0730 e. The Morgan fingerprint density at radius 1 is 1.29 bits per heavy atom. The van der Waals surface area contributed by atoms with Crippen molar-refractivity contribution in [2.45, 2.75) is 32.8 Å². The van der Waals surface area contributed by atoms with Crippen LogP contribution in [0.1, 0.15) is 29.5 Å². The van der Waals surface area contributed by atoms with Crippen LogP contribution in [-0.4, -0.2) is 11.2 Å². The number of rotatable bonds is 1. The molecule has 0 amide bonds. The van der Waals surface area contributed by atoms with Crippen LogP contribution in [0.4, 0.5) is 0 Å². The fourth-order valence-electron chi connectivity index (χ4n) is 2.01. The first-order valence-corrected chi connectivity index (χ1v) is 5.13. The average Bonchev–Trinajstić information content (AvgIpc) is 2.56. The third-order valence-corrected chi connectivity index (χ3v) is 2.84. The molecule has 74 valence electrons. The fourth-order valence-corrected chi connectivity index (χ4v) is 2.01. The van der Waals surface area contributed by atoms with E-state index in [1.807, 2.05) is 6.08 Å². The second-order valence-electron chi connectivity index (χ2n) is 4.12. The molecule has 0 fully saturated rings. The Hall–Kier alpha value is -1.08. The summed E-state index contributed by atoms with van der Waals surface area (Å²) in [6, 6.07) is 6.49. The standard InChI is InChI=1S/C13H16O/c1-9-3-4-10(2)13(7-9)11-5-6-12(14)8-11/h3-4,7-8,12,14H,5-6H2,1-2H3. The topological polar surface area (TPSA) is 20.2 Å². The van der Waals surface area contributed by atoms with Crippen LogP contribution in [0.3, 0.4) is 0 Å². The molecule has 0 heterocycles. The molecular formula is C13H16O. The molecule has 0 bridgehead atoms. The summed E-state index contributed by atoms with van der Waals surface area (Å²) in [5, 5.41) is 9.44. The van der Waals surface area contributed by atoms with E-state index in [0.29, 0.717) is 0 Å². The number of aliphatic hydroxyl groups is 1. The molecule has 0 aromatic heterocycles. The van der Waals surface area contributed by atoms with Crippen molar-refractivity contribution in [3.63, 3.8) is 0 Å². The summed E-state index contributed by atoms with van der Waals surface area (Å²) in [5.74, 6) is 0. The van der Waals surface area contributed by atoms with Crippen molar-refractivity contribution < 1.29 is 5.11 Å². The molecule has 0 saturated heterocycles. The Labute approximate surface area is 85.1 Å². The van der Waals surface area contributed by atoms with Gasteiger partial charge in [-0.3, -0.25) is 0 Å². The molecule has 1 heteroatoms. The van der Waals surface area contributed by atoms with E-state index in [1.54, 1.807) is 0 Å². The average molecular weight is 188 g/mol. The number of hydrogen-bond acceptors (Lipinski definition) is 1. The first-order valence-electron chi connectivity index (χ1n) is 5.13. The van der Waals surface area contributed by atoms with E-state index < -0.39 is 0 Å². The molecule has 1 atom stereocenters. The molecule has 1 aliphatic carbocycles. The molecule has 1 N–H and O–H groups in total. The highest BCUT2D eigenvalue weighted by atomic mass is 16.3. The molecule has 1 aromatic carbocycles. The lowest BCUT2D eigenvalue weighted by Crippen LogP contribution is -1.93. The number of aliphatic hydroxyl groups excluding tert-OH is 1. The van der Waals surface area contributed by atoms with Gasteiger partial charge in [0, 0.05) is 0 Å². The van der Waals surface area contributed by atoms with Gasteiger partial charge in [-0.25, -0.2) is 0 Å². The van der Waals surface area contributed by atoms with E-state index in [0.717, 1.165) is 12.8 Å². The SMILES string of the molecule is Cc1ccc(C)c(C2=CC(O)CC2)c1. The van der Waals surface area contributed by atoms with Crippen molar-refractivity contribution in [3.05, 3.63) is 41.0 Å². The molecule has 0 saturated carbocycles. The summed E-state index contributed by atoms with van der Waals surface area (Å²) in [6.45, 7) is 4.23. The van der Waals surface area contributed by atoms with Crippen LogP contribution in [0.5, 0.6) is 0 Å². The van der Waals surface area contributed by atoms with Gasteiger partial charge in [0.25, 0.3) is 0 Å². The molecule has 1 nitrogen and oxygen atoms in total. The highest BCUT2D eigenvalue weighted by Gasteiger charge is 2.15. The highest BCUT2D eigenvalue weighted by molar-refractivity contribution is 5.70. The van der Waals surface area contributed by atoms with E-state index in [2.05, 4.69) is 32.0 Å². The van der Waals surface area contributed by atoms with Gasteiger partial charge in [-0.05, 0) is 43.4 Å². The van der Waals surface area contributed by atoms with E-state index in [1.165, 1.54) is 22.3 Å². The zero-order chi connectivity index (χ0) is 10.1. The maximum absolute atomic E-state index is 9.44. The first-order chi connectivity index (χ1) is 6.66. The lowest BCUT2D eigenvalue weighted by Gasteiger charge is -2.07. The summed E-state index contributed by atoms with van der Waals surface area (Å²) in [4.78, 5) is 0.